The van der Waals surface area contributed by atoms with Crippen LogP contribution in [0.4, 0.5) is 0 Å². The van der Waals surface area contributed by atoms with Crippen LogP contribution in [-0.4, -0.2) is 11.8 Å². The van der Waals surface area contributed by atoms with Gasteiger partial charge in [0, 0.05) is 10.5 Å². The highest BCUT2D eigenvalue weighted by Gasteiger charge is 2.30. The van der Waals surface area contributed by atoms with E-state index < -0.39 is 5.97 Å². The molecule has 0 unspecified atom stereocenters. The minimum atomic E-state index is -0.488. The van der Waals surface area contributed by atoms with E-state index in [1.165, 1.54) is 5.56 Å². The van der Waals surface area contributed by atoms with E-state index in [0.717, 1.165) is 12.0 Å². The molecule has 0 aromatic heterocycles. The SMILES string of the molecule is CCc1ccc(/C=C2\Oc3cc(OC(=O)c4ccccc4Br)cc(C)c3C2=O)cc1. The number of esters is 1. The van der Waals surface area contributed by atoms with Crippen molar-refractivity contribution in [3.8, 4) is 11.5 Å². The first-order valence-electron chi connectivity index (χ1n) is 9.61. The van der Waals surface area contributed by atoms with Gasteiger partial charge in [0.25, 0.3) is 0 Å². The summed E-state index contributed by atoms with van der Waals surface area (Å²) in [4.78, 5) is 25.3. The first-order chi connectivity index (χ1) is 14.5. The van der Waals surface area contributed by atoms with Crippen LogP contribution < -0.4 is 9.47 Å². The minimum Gasteiger partial charge on any atom is -0.452 e. The summed E-state index contributed by atoms with van der Waals surface area (Å²) >= 11 is 3.35. The topological polar surface area (TPSA) is 52.6 Å². The van der Waals surface area contributed by atoms with E-state index in [0.29, 0.717) is 32.7 Å². The largest absolute Gasteiger partial charge is 0.452 e. The van der Waals surface area contributed by atoms with Gasteiger partial charge in [0.05, 0.1) is 11.1 Å². The molecule has 4 rings (SSSR count). The van der Waals surface area contributed by atoms with Crippen molar-refractivity contribution in [1.82, 2.24) is 0 Å². The number of hydrogen-bond acceptors (Lipinski definition) is 4. The van der Waals surface area contributed by atoms with E-state index in [4.69, 9.17) is 9.47 Å². The molecule has 0 atom stereocenters. The van der Waals surface area contributed by atoms with E-state index in [1.54, 1.807) is 43.3 Å². The smallest absolute Gasteiger partial charge is 0.344 e. The number of benzene rings is 3. The molecule has 0 spiro atoms. The molecule has 3 aromatic rings. The molecule has 1 aliphatic rings. The number of allylic oxidation sites excluding steroid dienone is 1. The zero-order valence-corrected chi connectivity index (χ0v) is 18.2. The van der Waals surface area contributed by atoms with Crippen molar-refractivity contribution in [2.24, 2.45) is 0 Å². The Morgan fingerprint density at radius 3 is 2.53 bits per heavy atom. The number of Topliss-reactive ketones (excluding diaryl/α,β-unsaturated/α-hetero) is 1. The Bertz CT molecular complexity index is 1180. The van der Waals surface area contributed by atoms with Gasteiger partial charge in [-0.25, -0.2) is 4.79 Å². The van der Waals surface area contributed by atoms with Crippen molar-refractivity contribution in [3.63, 3.8) is 0 Å². The molecular formula is C25H19BrO4. The molecule has 0 saturated carbocycles. The molecule has 30 heavy (non-hydrogen) atoms. The number of fused-ring (bicyclic) bond motifs is 1. The van der Waals surface area contributed by atoms with Crippen LogP contribution in [0, 0.1) is 6.92 Å². The molecule has 4 nitrogen and oxygen atoms in total. The number of ether oxygens (including phenoxy) is 2. The molecule has 0 amide bonds. The third-order valence-corrected chi connectivity index (χ3v) is 5.63. The minimum absolute atomic E-state index is 0.175. The van der Waals surface area contributed by atoms with Crippen LogP contribution in [0.1, 0.15) is 44.3 Å². The van der Waals surface area contributed by atoms with Crippen molar-refractivity contribution in [2.75, 3.05) is 0 Å². The lowest BCUT2D eigenvalue weighted by atomic mass is 10.0. The predicted octanol–water partition coefficient (Wildman–Crippen LogP) is 6.16. The summed E-state index contributed by atoms with van der Waals surface area (Å²) in [7, 11) is 0. The highest BCUT2D eigenvalue weighted by Crippen LogP contribution is 2.38. The Kier molecular flexibility index (Phi) is 5.55. The molecule has 1 aliphatic heterocycles. The highest BCUT2D eigenvalue weighted by molar-refractivity contribution is 9.10. The second kappa shape index (κ2) is 8.28. The van der Waals surface area contributed by atoms with E-state index >= 15 is 0 Å². The van der Waals surface area contributed by atoms with Crippen LogP contribution in [0.25, 0.3) is 6.08 Å². The first kappa shape index (κ1) is 20.1. The molecule has 1 heterocycles. The Morgan fingerprint density at radius 2 is 1.83 bits per heavy atom. The van der Waals surface area contributed by atoms with Gasteiger partial charge in [-0.2, -0.15) is 0 Å². The number of hydrogen-bond donors (Lipinski definition) is 0. The van der Waals surface area contributed by atoms with Gasteiger partial charge < -0.3 is 9.47 Å². The number of carbonyl (C=O) groups excluding carboxylic acids is 2. The fraction of sp³-hybridized carbons (Fsp3) is 0.120. The zero-order chi connectivity index (χ0) is 21.3. The lowest BCUT2D eigenvalue weighted by molar-refractivity contribution is 0.0733. The lowest BCUT2D eigenvalue weighted by Crippen LogP contribution is -2.09. The second-order valence-electron chi connectivity index (χ2n) is 7.02. The molecule has 0 N–H and O–H groups in total. The molecule has 0 fully saturated rings. The normalized spacial score (nSPS) is 13.8. The number of rotatable bonds is 4. The predicted molar refractivity (Wildman–Crippen MR) is 119 cm³/mol. The van der Waals surface area contributed by atoms with Crippen molar-refractivity contribution in [3.05, 3.63) is 98.7 Å². The van der Waals surface area contributed by atoms with E-state index in [2.05, 4.69) is 22.9 Å². The van der Waals surface area contributed by atoms with Crippen LogP contribution in [0.2, 0.25) is 0 Å². The van der Waals surface area contributed by atoms with Gasteiger partial charge in [-0.05, 0) is 70.2 Å². The third kappa shape index (κ3) is 3.94. The first-order valence-corrected chi connectivity index (χ1v) is 10.4. The van der Waals surface area contributed by atoms with Crippen molar-refractivity contribution in [2.45, 2.75) is 20.3 Å². The highest BCUT2D eigenvalue weighted by atomic mass is 79.9. The maximum atomic E-state index is 12.8. The number of carbonyl (C=O) groups is 2. The van der Waals surface area contributed by atoms with Gasteiger partial charge in [0.1, 0.15) is 11.5 Å². The third-order valence-electron chi connectivity index (χ3n) is 4.93. The maximum Gasteiger partial charge on any atom is 0.344 e. The van der Waals surface area contributed by atoms with Crippen molar-refractivity contribution in [1.29, 1.82) is 0 Å². The van der Waals surface area contributed by atoms with E-state index in [-0.39, 0.29) is 11.5 Å². The lowest BCUT2D eigenvalue weighted by Gasteiger charge is -2.08. The van der Waals surface area contributed by atoms with Crippen LogP contribution in [0.15, 0.2) is 70.9 Å². The van der Waals surface area contributed by atoms with Gasteiger partial charge >= 0.3 is 5.97 Å². The molecule has 0 saturated heterocycles. The summed E-state index contributed by atoms with van der Waals surface area (Å²) in [6.45, 7) is 3.90. The van der Waals surface area contributed by atoms with Crippen molar-refractivity contribution < 1.29 is 19.1 Å². The van der Waals surface area contributed by atoms with Gasteiger partial charge in [0.2, 0.25) is 5.78 Å². The number of aryl methyl sites for hydroxylation is 2. The van der Waals surface area contributed by atoms with Gasteiger partial charge in [-0.15, -0.1) is 0 Å². The molecule has 0 radical (unpaired) electrons. The van der Waals surface area contributed by atoms with E-state index in [9.17, 15) is 9.59 Å². The Morgan fingerprint density at radius 1 is 1.10 bits per heavy atom. The summed E-state index contributed by atoms with van der Waals surface area (Å²) in [5.74, 6) is 0.315. The fourth-order valence-corrected chi connectivity index (χ4v) is 3.77. The van der Waals surface area contributed by atoms with Gasteiger partial charge in [-0.1, -0.05) is 43.3 Å². The Hall–Kier alpha value is -3.18. The molecular weight excluding hydrogens is 444 g/mol. The molecule has 0 aliphatic carbocycles. The maximum absolute atomic E-state index is 12.8. The monoisotopic (exact) mass is 462 g/mol. The summed E-state index contributed by atoms with van der Waals surface area (Å²) in [5.41, 5.74) is 3.72. The summed E-state index contributed by atoms with van der Waals surface area (Å²) in [5, 5.41) is 0. The standard InChI is InChI=1S/C25H19BrO4/c1-3-16-8-10-17(11-9-16)13-22-24(27)23-15(2)12-18(14-21(23)30-22)29-25(28)19-6-4-5-7-20(19)26/h4-14H,3H2,1-2H3/b22-13-. The number of halogens is 1. The van der Waals surface area contributed by atoms with Crippen LogP contribution >= 0.6 is 15.9 Å². The Labute approximate surface area is 183 Å². The average molecular weight is 463 g/mol. The molecule has 3 aromatic carbocycles. The van der Waals surface area contributed by atoms with E-state index in [1.807, 2.05) is 30.3 Å². The molecule has 5 heteroatoms. The molecule has 0 bridgehead atoms. The Balaban J connectivity index is 1.60. The van der Waals surface area contributed by atoms with Crippen molar-refractivity contribution >= 4 is 33.8 Å². The van der Waals surface area contributed by atoms with Crippen LogP contribution in [-0.2, 0) is 6.42 Å². The summed E-state index contributed by atoms with van der Waals surface area (Å²) < 4.78 is 12.0. The fourth-order valence-electron chi connectivity index (χ4n) is 3.33. The average Bonchev–Trinajstić information content (AvgIpc) is 3.04. The van der Waals surface area contributed by atoms with Gasteiger partial charge in [0.15, 0.2) is 5.76 Å². The summed E-state index contributed by atoms with van der Waals surface area (Å²) in [6.07, 6.45) is 2.69. The second-order valence-corrected chi connectivity index (χ2v) is 7.87. The quantitative estimate of drug-likeness (QED) is 0.264. The van der Waals surface area contributed by atoms with Gasteiger partial charge in [-0.3, -0.25) is 4.79 Å². The van der Waals surface area contributed by atoms with Crippen LogP contribution in [0.5, 0.6) is 11.5 Å². The molecule has 150 valence electrons. The summed E-state index contributed by atoms with van der Waals surface area (Å²) in [6, 6.07) is 18.3. The van der Waals surface area contributed by atoms with Crippen LogP contribution in [0.3, 0.4) is 0 Å². The zero-order valence-electron chi connectivity index (χ0n) is 16.6. The number of ketones is 1.